The lowest BCUT2D eigenvalue weighted by atomic mass is 9.78. The Balaban J connectivity index is 1.95. The molecule has 0 bridgehead atoms. The van der Waals surface area contributed by atoms with Gasteiger partial charge in [-0.05, 0) is 43.5 Å². The number of Topliss-reactive ketones (excluding diaryl/α,β-unsaturated/α-hetero) is 1. The largest absolute Gasteiger partial charge is 0.384 e. The van der Waals surface area contributed by atoms with Gasteiger partial charge in [-0.2, -0.15) is 5.26 Å². The smallest absolute Gasteiger partial charge is 0.161 e. The van der Waals surface area contributed by atoms with E-state index in [0.29, 0.717) is 17.8 Å². The number of carbonyl (C=O) groups excluding carboxylic acids is 1. The van der Waals surface area contributed by atoms with Crippen molar-refractivity contribution in [1.82, 2.24) is 0 Å². The van der Waals surface area contributed by atoms with Crippen molar-refractivity contribution >= 4 is 22.8 Å². The van der Waals surface area contributed by atoms with Crippen LogP contribution in [0.15, 0.2) is 65.1 Å². The Hall–Kier alpha value is -2.84. The van der Waals surface area contributed by atoms with Crippen LogP contribution in [0.5, 0.6) is 0 Å². The molecule has 1 aromatic carbocycles. The van der Waals surface area contributed by atoms with Gasteiger partial charge in [0.15, 0.2) is 5.78 Å². The minimum atomic E-state index is -0.344. The number of allylic oxidation sites excluding steroid dienone is 3. The summed E-state index contributed by atoms with van der Waals surface area (Å²) in [4.78, 5) is 17.2. The molecule has 1 aliphatic heterocycles. The highest BCUT2D eigenvalue weighted by molar-refractivity contribution is 7.12. The summed E-state index contributed by atoms with van der Waals surface area (Å²) in [7, 11) is 0. The van der Waals surface area contributed by atoms with Gasteiger partial charge in [-0.3, -0.25) is 9.69 Å². The first kappa shape index (κ1) is 17.6. The van der Waals surface area contributed by atoms with Crippen molar-refractivity contribution in [2.24, 2.45) is 5.73 Å². The molecule has 1 aliphatic carbocycles. The summed E-state index contributed by atoms with van der Waals surface area (Å²) >= 11 is 1.67. The van der Waals surface area contributed by atoms with Crippen LogP contribution in [0.4, 0.5) is 5.69 Å². The fraction of sp³-hybridized carbons (Fsp3) is 0.273. The van der Waals surface area contributed by atoms with Crippen molar-refractivity contribution < 1.29 is 4.79 Å². The van der Waals surface area contributed by atoms with Gasteiger partial charge in [-0.25, -0.2) is 0 Å². The lowest BCUT2D eigenvalue weighted by Crippen LogP contribution is -2.38. The molecule has 0 saturated carbocycles. The van der Waals surface area contributed by atoms with Crippen LogP contribution in [0, 0.1) is 11.3 Å². The number of nitrogens with zero attached hydrogens (tertiary/aromatic N) is 2. The van der Waals surface area contributed by atoms with E-state index in [1.54, 1.807) is 11.3 Å². The fourth-order valence-electron chi connectivity index (χ4n) is 3.98. The van der Waals surface area contributed by atoms with E-state index >= 15 is 0 Å². The Bertz CT molecular complexity index is 994. The number of anilines is 1. The summed E-state index contributed by atoms with van der Waals surface area (Å²) in [6.45, 7) is 2.11. The zero-order valence-electron chi connectivity index (χ0n) is 15.2. The molecule has 136 valence electrons. The molecule has 4 rings (SSSR count). The van der Waals surface area contributed by atoms with Gasteiger partial charge in [0.1, 0.15) is 5.82 Å². The molecule has 1 aromatic heterocycles. The van der Waals surface area contributed by atoms with E-state index in [1.807, 2.05) is 41.3 Å². The maximum absolute atomic E-state index is 13.0. The summed E-state index contributed by atoms with van der Waals surface area (Å²) in [5.41, 5.74) is 9.59. The molecule has 1 atom stereocenters. The van der Waals surface area contributed by atoms with Crippen LogP contribution < -0.4 is 10.6 Å². The Morgan fingerprint density at radius 3 is 2.67 bits per heavy atom. The normalized spacial score (nSPS) is 19.9. The second kappa shape index (κ2) is 7.05. The molecule has 5 heteroatoms. The molecular formula is C22H21N3OS. The lowest BCUT2D eigenvalue weighted by Gasteiger charge is -2.39. The van der Waals surface area contributed by atoms with Gasteiger partial charge in [0.2, 0.25) is 0 Å². The number of hydrogen-bond acceptors (Lipinski definition) is 5. The van der Waals surface area contributed by atoms with E-state index in [4.69, 9.17) is 5.73 Å². The van der Waals surface area contributed by atoms with Crippen LogP contribution in [-0.2, 0) is 11.2 Å². The van der Waals surface area contributed by atoms with Crippen molar-refractivity contribution in [2.75, 3.05) is 4.90 Å². The SMILES string of the molecule is CCc1ccc(C2C(C#N)=C(N)N(c3ccccc3)C3=C2C(=O)CCC3)s1. The van der Waals surface area contributed by atoms with Gasteiger partial charge in [0.05, 0.1) is 17.6 Å². The van der Waals surface area contributed by atoms with Crippen LogP contribution in [0.25, 0.3) is 0 Å². The lowest BCUT2D eigenvalue weighted by molar-refractivity contribution is -0.116. The number of carbonyl (C=O) groups is 1. The van der Waals surface area contributed by atoms with E-state index < -0.39 is 0 Å². The zero-order valence-corrected chi connectivity index (χ0v) is 16.1. The highest BCUT2D eigenvalue weighted by Crippen LogP contribution is 2.47. The number of nitriles is 1. The molecule has 0 saturated heterocycles. The molecular weight excluding hydrogens is 354 g/mol. The second-order valence-electron chi connectivity index (χ2n) is 6.81. The molecule has 4 nitrogen and oxygen atoms in total. The van der Waals surface area contributed by atoms with Crippen LogP contribution in [0.3, 0.4) is 0 Å². The first-order valence-corrected chi connectivity index (χ1v) is 10.1. The molecule has 1 unspecified atom stereocenters. The summed E-state index contributed by atoms with van der Waals surface area (Å²) in [5.74, 6) is 0.227. The average Bonchev–Trinajstić information content (AvgIpc) is 3.17. The minimum Gasteiger partial charge on any atom is -0.384 e. The molecule has 2 heterocycles. The number of ketones is 1. The quantitative estimate of drug-likeness (QED) is 0.850. The highest BCUT2D eigenvalue weighted by atomic mass is 32.1. The Labute approximate surface area is 163 Å². The van der Waals surface area contributed by atoms with Crippen molar-refractivity contribution in [3.05, 3.63) is 74.9 Å². The van der Waals surface area contributed by atoms with Crippen molar-refractivity contribution in [3.8, 4) is 6.07 Å². The Kier molecular flexibility index (Phi) is 4.59. The van der Waals surface area contributed by atoms with Gasteiger partial charge in [0, 0.05) is 33.1 Å². The maximum atomic E-state index is 13.0. The van der Waals surface area contributed by atoms with E-state index in [0.717, 1.165) is 41.1 Å². The second-order valence-corrected chi connectivity index (χ2v) is 8.01. The summed E-state index contributed by atoms with van der Waals surface area (Å²) in [6.07, 6.45) is 3.07. The van der Waals surface area contributed by atoms with Gasteiger partial charge in [-0.1, -0.05) is 25.1 Å². The fourth-order valence-corrected chi connectivity index (χ4v) is 5.06. The first-order valence-electron chi connectivity index (χ1n) is 9.25. The number of hydrogen-bond donors (Lipinski definition) is 1. The molecule has 2 aromatic rings. The molecule has 2 N–H and O–H groups in total. The summed E-state index contributed by atoms with van der Waals surface area (Å²) in [6, 6.07) is 16.2. The van der Waals surface area contributed by atoms with Crippen molar-refractivity contribution in [1.29, 1.82) is 5.26 Å². The third-order valence-electron chi connectivity index (χ3n) is 5.24. The number of thiophene rings is 1. The highest BCUT2D eigenvalue weighted by Gasteiger charge is 2.40. The summed E-state index contributed by atoms with van der Waals surface area (Å²) in [5, 5.41) is 9.95. The van der Waals surface area contributed by atoms with Gasteiger partial charge >= 0.3 is 0 Å². The molecule has 0 amide bonds. The molecule has 0 radical (unpaired) electrons. The number of aryl methyl sites for hydroxylation is 1. The molecule has 27 heavy (non-hydrogen) atoms. The predicted molar refractivity (Wildman–Crippen MR) is 108 cm³/mol. The van der Waals surface area contributed by atoms with Crippen LogP contribution in [0.2, 0.25) is 0 Å². The van der Waals surface area contributed by atoms with E-state index in [2.05, 4.69) is 19.1 Å². The van der Waals surface area contributed by atoms with E-state index in [-0.39, 0.29) is 11.7 Å². The van der Waals surface area contributed by atoms with Gasteiger partial charge in [-0.15, -0.1) is 11.3 Å². The first-order chi connectivity index (χ1) is 13.2. The topological polar surface area (TPSA) is 70.1 Å². The Morgan fingerprint density at radius 1 is 1.22 bits per heavy atom. The van der Waals surface area contributed by atoms with Crippen LogP contribution >= 0.6 is 11.3 Å². The van der Waals surface area contributed by atoms with Crippen molar-refractivity contribution in [3.63, 3.8) is 0 Å². The van der Waals surface area contributed by atoms with Crippen molar-refractivity contribution in [2.45, 2.75) is 38.5 Å². The van der Waals surface area contributed by atoms with E-state index in [1.165, 1.54) is 4.88 Å². The summed E-state index contributed by atoms with van der Waals surface area (Å²) < 4.78 is 0. The minimum absolute atomic E-state index is 0.133. The van der Waals surface area contributed by atoms with Crippen LogP contribution in [-0.4, -0.2) is 5.78 Å². The zero-order chi connectivity index (χ0) is 19.0. The van der Waals surface area contributed by atoms with E-state index in [9.17, 15) is 10.1 Å². The molecule has 0 fully saturated rings. The maximum Gasteiger partial charge on any atom is 0.161 e. The monoisotopic (exact) mass is 375 g/mol. The third-order valence-corrected chi connectivity index (χ3v) is 6.54. The number of para-hydroxylation sites is 1. The third kappa shape index (κ3) is 2.87. The number of rotatable bonds is 3. The average molecular weight is 375 g/mol. The molecule has 2 aliphatic rings. The predicted octanol–water partition coefficient (Wildman–Crippen LogP) is 4.62. The number of benzene rings is 1. The van der Waals surface area contributed by atoms with Crippen LogP contribution in [0.1, 0.15) is 41.9 Å². The van der Waals surface area contributed by atoms with Gasteiger partial charge in [0.25, 0.3) is 0 Å². The molecule has 0 spiro atoms. The Morgan fingerprint density at radius 2 is 2.00 bits per heavy atom. The standard InChI is InChI=1S/C22H21N3OS/c1-2-15-11-12-19(27-15)20-16(13-23)22(24)25(14-7-4-3-5-8-14)17-9-6-10-18(26)21(17)20/h3-5,7-8,11-12,20H,2,6,9-10,24H2,1H3. The van der Waals surface area contributed by atoms with Gasteiger partial charge < -0.3 is 5.73 Å². The number of nitrogens with two attached hydrogens (primary N) is 1.